The van der Waals surface area contributed by atoms with Crippen LogP contribution in [0.4, 0.5) is 0 Å². The van der Waals surface area contributed by atoms with Gasteiger partial charge >= 0.3 is 0 Å². The van der Waals surface area contributed by atoms with Crippen molar-refractivity contribution in [3.05, 3.63) is 11.7 Å². The Labute approximate surface area is 119 Å². The molecule has 2 aliphatic rings. The van der Waals surface area contributed by atoms with Crippen LogP contribution in [0.5, 0.6) is 0 Å². The van der Waals surface area contributed by atoms with Crippen LogP contribution < -0.4 is 5.32 Å². The number of piperazine rings is 1. The van der Waals surface area contributed by atoms with Gasteiger partial charge in [-0.15, -0.1) is 0 Å². The minimum atomic E-state index is -0.172. The Kier molecular flexibility index (Phi) is 4.05. The Morgan fingerprint density at radius 2 is 1.90 bits per heavy atom. The minimum Gasteiger partial charge on any atom is -0.381 e. The molecule has 2 fully saturated rings. The average molecular weight is 280 g/mol. The average Bonchev–Trinajstić information content (AvgIpc) is 3.00. The highest BCUT2D eigenvalue weighted by molar-refractivity contribution is 5.05. The molecule has 1 N–H and O–H groups in total. The van der Waals surface area contributed by atoms with Crippen LogP contribution in [0, 0.1) is 0 Å². The van der Waals surface area contributed by atoms with E-state index in [0.29, 0.717) is 5.92 Å². The summed E-state index contributed by atoms with van der Waals surface area (Å²) in [6, 6.07) is 0. The summed E-state index contributed by atoms with van der Waals surface area (Å²) in [6.45, 7) is 10.0. The zero-order valence-electron chi connectivity index (χ0n) is 12.4. The maximum atomic E-state index is 5.52. The summed E-state index contributed by atoms with van der Waals surface area (Å²) >= 11 is 0. The molecule has 0 spiro atoms. The molecule has 0 aromatic carbocycles. The lowest BCUT2D eigenvalue weighted by atomic mass is 9.99. The summed E-state index contributed by atoms with van der Waals surface area (Å²) in [5.41, 5.74) is -0.172. The van der Waals surface area contributed by atoms with E-state index >= 15 is 0 Å². The number of hydrogen-bond acceptors (Lipinski definition) is 6. The zero-order chi connectivity index (χ0) is 14.0. The Morgan fingerprint density at radius 1 is 1.20 bits per heavy atom. The summed E-state index contributed by atoms with van der Waals surface area (Å²) < 4.78 is 10.9. The second-order valence-electron chi connectivity index (χ2n) is 6.14. The summed E-state index contributed by atoms with van der Waals surface area (Å²) in [6.07, 6.45) is 1.96. The van der Waals surface area contributed by atoms with Crippen LogP contribution in [-0.4, -0.2) is 54.4 Å². The van der Waals surface area contributed by atoms with Crippen LogP contribution in [0.1, 0.15) is 44.3 Å². The number of ether oxygens (including phenoxy) is 1. The highest BCUT2D eigenvalue weighted by atomic mass is 16.5. The van der Waals surface area contributed by atoms with Gasteiger partial charge in [0, 0.05) is 45.3 Å². The fourth-order valence-corrected chi connectivity index (χ4v) is 2.96. The molecule has 0 bridgehead atoms. The summed E-state index contributed by atoms with van der Waals surface area (Å²) in [5, 5.41) is 7.62. The van der Waals surface area contributed by atoms with Crippen molar-refractivity contribution in [3.63, 3.8) is 0 Å². The van der Waals surface area contributed by atoms with Crippen molar-refractivity contribution in [2.45, 2.75) is 38.1 Å². The molecular formula is C14H24N4O2. The van der Waals surface area contributed by atoms with Crippen LogP contribution in [0.25, 0.3) is 0 Å². The third kappa shape index (κ3) is 2.73. The van der Waals surface area contributed by atoms with E-state index in [-0.39, 0.29) is 5.54 Å². The summed E-state index contributed by atoms with van der Waals surface area (Å²) in [7, 11) is 0. The van der Waals surface area contributed by atoms with Crippen molar-refractivity contribution in [2.75, 3.05) is 39.4 Å². The van der Waals surface area contributed by atoms with E-state index < -0.39 is 0 Å². The normalized spacial score (nSPS) is 23.1. The second kappa shape index (κ2) is 5.79. The first-order valence-electron chi connectivity index (χ1n) is 7.55. The fourth-order valence-electron chi connectivity index (χ4n) is 2.96. The Hall–Kier alpha value is -0.980. The summed E-state index contributed by atoms with van der Waals surface area (Å²) in [5.74, 6) is 1.95. The van der Waals surface area contributed by atoms with Gasteiger partial charge in [0.1, 0.15) is 0 Å². The van der Waals surface area contributed by atoms with Gasteiger partial charge in [-0.3, -0.25) is 4.90 Å². The van der Waals surface area contributed by atoms with E-state index in [4.69, 9.17) is 9.26 Å². The number of hydrogen-bond donors (Lipinski definition) is 1. The first-order chi connectivity index (χ1) is 9.68. The van der Waals surface area contributed by atoms with Crippen LogP contribution in [0.3, 0.4) is 0 Å². The van der Waals surface area contributed by atoms with Crippen LogP contribution >= 0.6 is 0 Å². The van der Waals surface area contributed by atoms with Crippen LogP contribution in [0.15, 0.2) is 4.52 Å². The molecule has 1 aromatic heterocycles. The SMILES string of the molecule is CC(C)(c1noc(C2CCOCC2)n1)N1CCNCC1. The number of nitrogens with one attached hydrogen (secondary N) is 1. The molecule has 0 atom stereocenters. The molecule has 0 radical (unpaired) electrons. The van der Waals surface area contributed by atoms with Gasteiger partial charge in [-0.2, -0.15) is 4.98 Å². The molecule has 112 valence electrons. The monoisotopic (exact) mass is 280 g/mol. The van der Waals surface area contributed by atoms with E-state index in [2.05, 4.69) is 34.2 Å². The van der Waals surface area contributed by atoms with Gasteiger partial charge in [-0.05, 0) is 26.7 Å². The van der Waals surface area contributed by atoms with Crippen LogP contribution in [-0.2, 0) is 10.3 Å². The second-order valence-corrected chi connectivity index (χ2v) is 6.14. The molecule has 1 aromatic rings. The fraction of sp³-hybridized carbons (Fsp3) is 0.857. The van der Waals surface area contributed by atoms with Crippen LogP contribution in [0.2, 0.25) is 0 Å². The lowest BCUT2D eigenvalue weighted by molar-refractivity contribution is 0.0777. The molecule has 0 aliphatic carbocycles. The van der Waals surface area contributed by atoms with E-state index in [1.54, 1.807) is 0 Å². The van der Waals surface area contributed by atoms with E-state index in [9.17, 15) is 0 Å². The van der Waals surface area contributed by atoms with Crippen molar-refractivity contribution in [1.29, 1.82) is 0 Å². The quantitative estimate of drug-likeness (QED) is 0.894. The topological polar surface area (TPSA) is 63.4 Å². The first kappa shape index (κ1) is 14.0. The van der Waals surface area contributed by atoms with Gasteiger partial charge in [0.05, 0.1) is 5.54 Å². The van der Waals surface area contributed by atoms with Gasteiger partial charge < -0.3 is 14.6 Å². The zero-order valence-corrected chi connectivity index (χ0v) is 12.4. The van der Waals surface area contributed by atoms with Crippen molar-refractivity contribution in [3.8, 4) is 0 Å². The standard InChI is InChI=1S/C14H24N4O2/c1-14(2,18-7-5-15-6-8-18)13-16-12(20-17-13)11-3-9-19-10-4-11/h11,15H,3-10H2,1-2H3. The minimum absolute atomic E-state index is 0.172. The molecule has 0 amide bonds. The number of rotatable bonds is 3. The molecule has 0 unspecified atom stereocenters. The van der Waals surface area contributed by atoms with Crippen molar-refractivity contribution >= 4 is 0 Å². The van der Waals surface area contributed by atoms with E-state index in [1.807, 2.05) is 0 Å². The van der Waals surface area contributed by atoms with Crippen molar-refractivity contribution < 1.29 is 9.26 Å². The van der Waals surface area contributed by atoms with Gasteiger partial charge in [0.2, 0.25) is 5.89 Å². The number of aromatic nitrogens is 2. The maximum Gasteiger partial charge on any atom is 0.230 e. The Morgan fingerprint density at radius 3 is 2.60 bits per heavy atom. The van der Waals surface area contributed by atoms with Gasteiger partial charge in [0.15, 0.2) is 5.82 Å². The molecule has 6 heteroatoms. The molecule has 2 saturated heterocycles. The Balaban J connectivity index is 1.74. The predicted molar refractivity (Wildman–Crippen MR) is 74.6 cm³/mol. The third-order valence-corrected chi connectivity index (χ3v) is 4.47. The third-order valence-electron chi connectivity index (χ3n) is 4.47. The Bertz CT molecular complexity index is 434. The number of nitrogens with zero attached hydrogens (tertiary/aromatic N) is 3. The molecular weight excluding hydrogens is 256 g/mol. The van der Waals surface area contributed by atoms with E-state index in [0.717, 1.165) is 63.9 Å². The largest absolute Gasteiger partial charge is 0.381 e. The highest BCUT2D eigenvalue weighted by Gasteiger charge is 2.35. The van der Waals surface area contributed by atoms with Gasteiger partial charge in [-0.1, -0.05) is 5.16 Å². The molecule has 20 heavy (non-hydrogen) atoms. The van der Waals surface area contributed by atoms with Crippen molar-refractivity contribution in [2.24, 2.45) is 0 Å². The smallest absolute Gasteiger partial charge is 0.230 e. The first-order valence-corrected chi connectivity index (χ1v) is 7.55. The molecule has 3 heterocycles. The van der Waals surface area contributed by atoms with Gasteiger partial charge in [0.25, 0.3) is 0 Å². The maximum absolute atomic E-state index is 5.52. The van der Waals surface area contributed by atoms with E-state index in [1.165, 1.54) is 0 Å². The lowest BCUT2D eigenvalue weighted by Gasteiger charge is -2.38. The van der Waals surface area contributed by atoms with Crippen molar-refractivity contribution in [1.82, 2.24) is 20.4 Å². The molecule has 2 aliphatic heterocycles. The lowest BCUT2D eigenvalue weighted by Crippen LogP contribution is -2.52. The molecule has 3 rings (SSSR count). The molecule has 0 saturated carbocycles. The summed E-state index contributed by atoms with van der Waals surface area (Å²) in [4.78, 5) is 7.10. The highest BCUT2D eigenvalue weighted by Crippen LogP contribution is 2.30. The predicted octanol–water partition coefficient (Wildman–Crippen LogP) is 1.10. The molecule has 6 nitrogen and oxygen atoms in total. The van der Waals surface area contributed by atoms with Gasteiger partial charge in [-0.25, -0.2) is 0 Å².